The smallest absolute Gasteiger partial charge is 0.155 e. The second kappa shape index (κ2) is 5.72. The van der Waals surface area contributed by atoms with E-state index in [0.717, 1.165) is 29.3 Å². The zero-order valence-electron chi connectivity index (χ0n) is 10.4. The summed E-state index contributed by atoms with van der Waals surface area (Å²) in [4.78, 5) is 0. The van der Waals surface area contributed by atoms with Crippen molar-refractivity contribution in [3.05, 3.63) is 34.3 Å². The summed E-state index contributed by atoms with van der Waals surface area (Å²) in [5.74, 6) is 0.326. The Balaban J connectivity index is 2.30. The molecule has 1 fully saturated rings. The van der Waals surface area contributed by atoms with Gasteiger partial charge in [0.1, 0.15) is 0 Å². The van der Waals surface area contributed by atoms with Gasteiger partial charge in [-0.3, -0.25) is 0 Å². The topological polar surface area (TPSA) is 46.2 Å². The van der Waals surface area contributed by atoms with Crippen molar-refractivity contribution in [1.82, 2.24) is 5.32 Å². The molecule has 0 spiro atoms. The maximum atomic E-state index is 12.2. The maximum absolute atomic E-state index is 12.2. The average molecular weight is 332 g/mol. The van der Waals surface area contributed by atoms with Crippen LogP contribution in [0, 0.1) is 0 Å². The lowest BCUT2D eigenvalue weighted by molar-refractivity contribution is 0.469. The van der Waals surface area contributed by atoms with Crippen LogP contribution in [0.5, 0.6) is 0 Å². The number of rotatable bonds is 3. The van der Waals surface area contributed by atoms with Crippen LogP contribution >= 0.6 is 15.9 Å². The first-order chi connectivity index (χ1) is 8.54. The standard InChI is InChI=1S/C13H18BrNO2S/c1-15-13(10-5-7-11(14)8-6-10)12-4-2-3-9-18(12,16)17/h5-8,12-13,15H,2-4,9H2,1H3. The van der Waals surface area contributed by atoms with Crippen LogP contribution in [-0.4, -0.2) is 26.5 Å². The lowest BCUT2D eigenvalue weighted by atomic mass is 10.00. The van der Waals surface area contributed by atoms with Crippen LogP contribution < -0.4 is 5.32 Å². The number of sulfone groups is 1. The van der Waals surface area contributed by atoms with Gasteiger partial charge in [-0.1, -0.05) is 34.5 Å². The van der Waals surface area contributed by atoms with Gasteiger partial charge in [-0.15, -0.1) is 0 Å². The largest absolute Gasteiger partial charge is 0.312 e. The minimum atomic E-state index is -2.97. The second-order valence-electron chi connectivity index (χ2n) is 4.72. The third kappa shape index (κ3) is 2.95. The third-order valence-electron chi connectivity index (χ3n) is 3.54. The highest BCUT2D eigenvalue weighted by Crippen LogP contribution is 2.31. The van der Waals surface area contributed by atoms with Crippen LogP contribution in [0.15, 0.2) is 28.7 Å². The Hall–Kier alpha value is -0.390. The van der Waals surface area contributed by atoms with Crippen molar-refractivity contribution in [2.24, 2.45) is 0 Å². The fraction of sp³-hybridized carbons (Fsp3) is 0.538. The van der Waals surface area contributed by atoms with Crippen LogP contribution in [0.25, 0.3) is 0 Å². The van der Waals surface area contributed by atoms with Gasteiger partial charge in [0.2, 0.25) is 0 Å². The van der Waals surface area contributed by atoms with E-state index in [1.807, 2.05) is 31.3 Å². The van der Waals surface area contributed by atoms with Crippen molar-refractivity contribution in [3.63, 3.8) is 0 Å². The summed E-state index contributed by atoms with van der Waals surface area (Å²) in [7, 11) is -1.14. The number of hydrogen-bond acceptors (Lipinski definition) is 3. The van der Waals surface area contributed by atoms with E-state index in [1.165, 1.54) is 0 Å². The molecule has 0 saturated carbocycles. The molecule has 100 valence electrons. The summed E-state index contributed by atoms with van der Waals surface area (Å²) in [6, 6.07) is 7.76. The van der Waals surface area contributed by atoms with Gasteiger partial charge in [-0.2, -0.15) is 0 Å². The van der Waals surface area contributed by atoms with E-state index in [1.54, 1.807) is 0 Å². The molecule has 5 heteroatoms. The molecule has 0 aliphatic carbocycles. The molecule has 18 heavy (non-hydrogen) atoms. The highest BCUT2D eigenvalue weighted by molar-refractivity contribution is 9.10. The average Bonchev–Trinajstić information content (AvgIpc) is 2.34. The normalized spacial score (nSPS) is 24.7. The van der Waals surface area contributed by atoms with Crippen molar-refractivity contribution >= 4 is 25.8 Å². The molecule has 1 aromatic carbocycles. The van der Waals surface area contributed by atoms with E-state index < -0.39 is 9.84 Å². The molecule has 0 radical (unpaired) electrons. The Morgan fingerprint density at radius 3 is 2.50 bits per heavy atom. The van der Waals surface area contributed by atoms with Crippen LogP contribution in [-0.2, 0) is 9.84 Å². The van der Waals surface area contributed by atoms with E-state index in [4.69, 9.17) is 0 Å². The summed E-state index contributed by atoms with van der Waals surface area (Å²) in [5, 5.41) is 2.87. The van der Waals surface area contributed by atoms with Crippen LogP contribution in [0.1, 0.15) is 30.9 Å². The molecular formula is C13H18BrNO2S. The molecule has 1 saturated heterocycles. The maximum Gasteiger partial charge on any atom is 0.155 e. The molecule has 2 atom stereocenters. The van der Waals surface area contributed by atoms with Gasteiger partial charge in [0.05, 0.1) is 11.0 Å². The first-order valence-corrected chi connectivity index (χ1v) is 8.70. The summed E-state index contributed by atoms with van der Waals surface area (Å²) < 4.78 is 25.4. The minimum absolute atomic E-state index is 0.108. The van der Waals surface area contributed by atoms with Crippen molar-refractivity contribution in [3.8, 4) is 0 Å². The molecule has 2 unspecified atom stereocenters. The number of hydrogen-bond donors (Lipinski definition) is 1. The molecule has 1 aromatic rings. The summed E-state index contributed by atoms with van der Waals surface area (Å²) >= 11 is 3.40. The molecule has 1 aliphatic rings. The van der Waals surface area contributed by atoms with Gasteiger partial charge >= 0.3 is 0 Å². The Labute approximate surface area is 117 Å². The first kappa shape index (κ1) is 14.0. The van der Waals surface area contributed by atoms with Gasteiger partial charge in [0.25, 0.3) is 0 Å². The Kier molecular flexibility index (Phi) is 4.45. The van der Waals surface area contributed by atoms with Crippen LogP contribution in [0.3, 0.4) is 0 Å². The van der Waals surface area contributed by atoms with Crippen LogP contribution in [0.4, 0.5) is 0 Å². The monoisotopic (exact) mass is 331 g/mol. The fourth-order valence-electron chi connectivity index (χ4n) is 2.59. The molecule has 0 bridgehead atoms. The minimum Gasteiger partial charge on any atom is -0.312 e. The van der Waals surface area contributed by atoms with Crippen molar-refractivity contribution in [1.29, 1.82) is 0 Å². The lowest BCUT2D eigenvalue weighted by Crippen LogP contribution is -2.39. The van der Waals surface area contributed by atoms with Gasteiger partial charge in [0, 0.05) is 10.5 Å². The number of nitrogens with one attached hydrogen (secondary N) is 1. The quantitative estimate of drug-likeness (QED) is 0.926. The zero-order chi connectivity index (χ0) is 13.2. The van der Waals surface area contributed by atoms with Crippen molar-refractivity contribution < 1.29 is 8.42 Å². The highest BCUT2D eigenvalue weighted by atomic mass is 79.9. The molecule has 0 amide bonds. The fourth-order valence-corrected chi connectivity index (χ4v) is 5.00. The Morgan fingerprint density at radius 1 is 1.28 bits per heavy atom. The highest BCUT2D eigenvalue weighted by Gasteiger charge is 2.35. The predicted molar refractivity (Wildman–Crippen MR) is 77.4 cm³/mol. The Bertz CT molecular complexity index is 498. The van der Waals surface area contributed by atoms with E-state index in [9.17, 15) is 8.42 Å². The predicted octanol–water partition coefficient (Wildman–Crippen LogP) is 2.68. The summed E-state index contributed by atoms with van der Waals surface area (Å²) in [6.07, 6.45) is 2.55. The molecule has 3 nitrogen and oxygen atoms in total. The number of halogens is 1. The second-order valence-corrected chi connectivity index (χ2v) is 7.97. The van der Waals surface area contributed by atoms with E-state index in [0.29, 0.717) is 5.75 Å². The van der Waals surface area contributed by atoms with Gasteiger partial charge in [0.15, 0.2) is 9.84 Å². The zero-order valence-corrected chi connectivity index (χ0v) is 12.8. The third-order valence-corrected chi connectivity index (χ3v) is 6.36. The molecule has 2 rings (SSSR count). The van der Waals surface area contributed by atoms with Gasteiger partial charge in [-0.05, 0) is 37.6 Å². The Morgan fingerprint density at radius 2 is 1.94 bits per heavy atom. The molecule has 1 heterocycles. The van der Waals surface area contributed by atoms with Gasteiger partial charge < -0.3 is 5.32 Å². The van der Waals surface area contributed by atoms with E-state index in [2.05, 4.69) is 21.2 Å². The van der Waals surface area contributed by atoms with Crippen molar-refractivity contribution in [2.45, 2.75) is 30.6 Å². The molecular weight excluding hydrogens is 314 g/mol. The van der Waals surface area contributed by atoms with Gasteiger partial charge in [-0.25, -0.2) is 8.42 Å². The lowest BCUT2D eigenvalue weighted by Gasteiger charge is -2.30. The molecule has 1 aliphatic heterocycles. The molecule has 1 N–H and O–H groups in total. The van der Waals surface area contributed by atoms with Crippen LogP contribution in [0.2, 0.25) is 0 Å². The first-order valence-electron chi connectivity index (χ1n) is 6.19. The summed E-state index contributed by atoms with van der Waals surface area (Å²) in [6.45, 7) is 0. The number of benzene rings is 1. The summed E-state index contributed by atoms with van der Waals surface area (Å²) in [5.41, 5.74) is 1.04. The SMILES string of the molecule is CNC(c1ccc(Br)cc1)C1CCCCS1(=O)=O. The van der Waals surface area contributed by atoms with E-state index >= 15 is 0 Å². The van der Waals surface area contributed by atoms with Crippen molar-refractivity contribution in [2.75, 3.05) is 12.8 Å². The van der Waals surface area contributed by atoms with E-state index in [-0.39, 0.29) is 11.3 Å². The molecule has 0 aromatic heterocycles.